The topological polar surface area (TPSA) is 88.7 Å². The second-order valence-corrected chi connectivity index (χ2v) is 3.34. The predicted octanol–water partition coefficient (Wildman–Crippen LogP) is 1.98. The Morgan fingerprint density at radius 1 is 1.35 bits per heavy atom. The Bertz CT molecular complexity index is 470. The highest BCUT2D eigenvalue weighted by molar-refractivity contribution is 5.89. The summed E-state index contributed by atoms with van der Waals surface area (Å²) in [5.74, 6) is 0. The summed E-state index contributed by atoms with van der Waals surface area (Å²) in [6, 6.07) is 10.3. The summed E-state index contributed by atoms with van der Waals surface area (Å²) in [7, 11) is 0. The van der Waals surface area contributed by atoms with Gasteiger partial charge in [-0.15, -0.1) is 0 Å². The molecular weight excluding hydrogens is 216 g/mol. The van der Waals surface area contributed by atoms with Gasteiger partial charge < -0.3 is 10.6 Å². The molecule has 0 aliphatic carbocycles. The summed E-state index contributed by atoms with van der Waals surface area (Å²) in [6.07, 6.45) is 1.05. The number of amides is 2. The molecule has 0 aromatic heterocycles. The van der Waals surface area contributed by atoms with E-state index >= 15 is 0 Å². The average Bonchev–Trinajstić information content (AvgIpc) is 2.35. The molecule has 5 nitrogen and oxygen atoms in total. The SMILES string of the molecule is N#CCCCNC(=O)Nc1cccc(C#N)c1. The van der Waals surface area contributed by atoms with Crippen molar-refractivity contribution in [2.75, 3.05) is 11.9 Å². The molecule has 0 bridgehead atoms. The van der Waals surface area contributed by atoms with Gasteiger partial charge in [0.05, 0.1) is 17.7 Å². The number of nitriles is 2. The number of rotatable bonds is 4. The van der Waals surface area contributed by atoms with Crippen molar-refractivity contribution in [3.05, 3.63) is 29.8 Å². The minimum Gasteiger partial charge on any atom is -0.338 e. The van der Waals surface area contributed by atoms with E-state index in [0.717, 1.165) is 0 Å². The van der Waals surface area contributed by atoms with Gasteiger partial charge in [0.2, 0.25) is 0 Å². The molecule has 2 N–H and O–H groups in total. The van der Waals surface area contributed by atoms with Gasteiger partial charge in [-0.3, -0.25) is 0 Å². The first-order valence-corrected chi connectivity index (χ1v) is 5.18. The van der Waals surface area contributed by atoms with Crippen molar-refractivity contribution in [1.29, 1.82) is 10.5 Å². The van der Waals surface area contributed by atoms with Crippen LogP contribution in [-0.4, -0.2) is 12.6 Å². The van der Waals surface area contributed by atoms with Gasteiger partial charge >= 0.3 is 6.03 Å². The minimum atomic E-state index is -0.335. The monoisotopic (exact) mass is 228 g/mol. The normalized spacial score (nSPS) is 8.82. The zero-order chi connectivity index (χ0) is 12.5. The summed E-state index contributed by atoms with van der Waals surface area (Å²) in [5, 5.41) is 22.2. The first-order chi connectivity index (χ1) is 8.26. The van der Waals surface area contributed by atoms with E-state index in [1.807, 2.05) is 12.1 Å². The number of benzene rings is 1. The van der Waals surface area contributed by atoms with Crippen LogP contribution in [0.2, 0.25) is 0 Å². The van der Waals surface area contributed by atoms with E-state index in [1.165, 1.54) is 0 Å². The molecule has 0 saturated heterocycles. The lowest BCUT2D eigenvalue weighted by Gasteiger charge is -2.06. The molecule has 17 heavy (non-hydrogen) atoms. The van der Waals surface area contributed by atoms with Gasteiger partial charge in [0.1, 0.15) is 0 Å². The summed E-state index contributed by atoms with van der Waals surface area (Å²) in [5.41, 5.74) is 1.06. The molecule has 0 aliphatic heterocycles. The summed E-state index contributed by atoms with van der Waals surface area (Å²) in [4.78, 5) is 11.4. The van der Waals surface area contributed by atoms with E-state index in [0.29, 0.717) is 30.6 Å². The van der Waals surface area contributed by atoms with E-state index < -0.39 is 0 Å². The maximum Gasteiger partial charge on any atom is 0.319 e. The van der Waals surface area contributed by atoms with Crippen LogP contribution in [-0.2, 0) is 0 Å². The van der Waals surface area contributed by atoms with Crippen LogP contribution in [0, 0.1) is 22.7 Å². The molecule has 5 heteroatoms. The van der Waals surface area contributed by atoms with Gasteiger partial charge in [-0.25, -0.2) is 4.79 Å². The maximum absolute atomic E-state index is 11.4. The van der Waals surface area contributed by atoms with Crippen LogP contribution in [0.25, 0.3) is 0 Å². The van der Waals surface area contributed by atoms with Crippen LogP contribution in [0.1, 0.15) is 18.4 Å². The third-order valence-electron chi connectivity index (χ3n) is 2.00. The Morgan fingerprint density at radius 3 is 2.88 bits per heavy atom. The lowest BCUT2D eigenvalue weighted by Crippen LogP contribution is -2.29. The molecule has 0 atom stereocenters. The van der Waals surface area contributed by atoms with Gasteiger partial charge in [-0.05, 0) is 24.6 Å². The lowest BCUT2D eigenvalue weighted by atomic mass is 10.2. The van der Waals surface area contributed by atoms with Gasteiger partial charge in [-0.2, -0.15) is 10.5 Å². The quantitative estimate of drug-likeness (QED) is 0.772. The Balaban J connectivity index is 2.40. The van der Waals surface area contributed by atoms with E-state index in [9.17, 15) is 4.79 Å². The fourth-order valence-corrected chi connectivity index (χ4v) is 1.21. The number of urea groups is 1. The number of hydrogen-bond acceptors (Lipinski definition) is 3. The summed E-state index contributed by atoms with van der Waals surface area (Å²) < 4.78 is 0. The van der Waals surface area contributed by atoms with Gasteiger partial charge in [0, 0.05) is 18.7 Å². The number of hydrogen-bond donors (Lipinski definition) is 2. The van der Waals surface area contributed by atoms with Crippen molar-refractivity contribution < 1.29 is 4.79 Å². The largest absolute Gasteiger partial charge is 0.338 e. The Labute approximate surface area is 99.7 Å². The van der Waals surface area contributed by atoms with E-state index in [-0.39, 0.29) is 6.03 Å². The highest BCUT2D eigenvalue weighted by Crippen LogP contribution is 2.09. The number of carbonyl (C=O) groups is 1. The molecule has 0 fully saturated rings. The first kappa shape index (κ1) is 12.5. The fraction of sp³-hybridized carbons (Fsp3) is 0.250. The van der Waals surface area contributed by atoms with Crippen LogP contribution >= 0.6 is 0 Å². The van der Waals surface area contributed by atoms with E-state index in [2.05, 4.69) is 10.6 Å². The molecule has 2 amide bonds. The number of anilines is 1. The zero-order valence-electron chi connectivity index (χ0n) is 9.23. The minimum absolute atomic E-state index is 0.335. The van der Waals surface area contributed by atoms with E-state index in [1.54, 1.807) is 24.3 Å². The zero-order valence-corrected chi connectivity index (χ0v) is 9.23. The van der Waals surface area contributed by atoms with Crippen molar-refractivity contribution >= 4 is 11.7 Å². The molecular formula is C12H12N4O. The highest BCUT2D eigenvalue weighted by atomic mass is 16.2. The third-order valence-corrected chi connectivity index (χ3v) is 2.00. The molecule has 0 spiro atoms. The average molecular weight is 228 g/mol. The molecule has 0 unspecified atom stereocenters. The molecule has 1 aromatic rings. The molecule has 1 aromatic carbocycles. The van der Waals surface area contributed by atoms with Gasteiger partial charge in [0.15, 0.2) is 0 Å². The molecule has 86 valence electrons. The number of nitrogens with one attached hydrogen (secondary N) is 2. The van der Waals surface area contributed by atoms with Crippen molar-refractivity contribution in [3.8, 4) is 12.1 Å². The van der Waals surface area contributed by atoms with Crippen LogP contribution in [0.4, 0.5) is 10.5 Å². The Hall–Kier alpha value is -2.53. The molecule has 0 saturated carbocycles. The van der Waals surface area contributed by atoms with Crippen molar-refractivity contribution in [3.63, 3.8) is 0 Å². The second-order valence-electron chi connectivity index (χ2n) is 3.34. The number of carbonyl (C=O) groups excluding carboxylic acids is 1. The standard InChI is InChI=1S/C12H12N4O/c13-6-1-2-7-15-12(17)16-11-5-3-4-10(8-11)9-14/h3-5,8H,1-2,7H2,(H2,15,16,17). The molecule has 0 aliphatic rings. The number of nitrogens with zero attached hydrogens (tertiary/aromatic N) is 2. The predicted molar refractivity (Wildman–Crippen MR) is 63.0 cm³/mol. The third kappa shape index (κ3) is 4.67. The smallest absolute Gasteiger partial charge is 0.319 e. The molecule has 0 radical (unpaired) electrons. The molecule has 0 heterocycles. The molecule has 1 rings (SSSR count). The summed E-state index contributed by atoms with van der Waals surface area (Å²) >= 11 is 0. The van der Waals surface area contributed by atoms with Crippen LogP contribution < -0.4 is 10.6 Å². The highest BCUT2D eigenvalue weighted by Gasteiger charge is 2.01. The maximum atomic E-state index is 11.4. The Morgan fingerprint density at radius 2 is 2.18 bits per heavy atom. The van der Waals surface area contributed by atoms with Crippen molar-refractivity contribution in [1.82, 2.24) is 5.32 Å². The second kappa shape index (κ2) is 6.86. The fourth-order valence-electron chi connectivity index (χ4n) is 1.21. The van der Waals surface area contributed by atoms with Crippen molar-refractivity contribution in [2.45, 2.75) is 12.8 Å². The van der Waals surface area contributed by atoms with Crippen LogP contribution in [0.5, 0.6) is 0 Å². The Kier molecular flexibility index (Phi) is 5.06. The van der Waals surface area contributed by atoms with Crippen LogP contribution in [0.15, 0.2) is 24.3 Å². The first-order valence-electron chi connectivity index (χ1n) is 5.18. The summed E-state index contributed by atoms with van der Waals surface area (Å²) in [6.45, 7) is 0.456. The van der Waals surface area contributed by atoms with Gasteiger partial charge in [-0.1, -0.05) is 6.07 Å². The number of unbranched alkanes of at least 4 members (excludes halogenated alkanes) is 1. The van der Waals surface area contributed by atoms with E-state index in [4.69, 9.17) is 10.5 Å². The lowest BCUT2D eigenvalue weighted by molar-refractivity contribution is 0.252. The van der Waals surface area contributed by atoms with Crippen molar-refractivity contribution in [2.24, 2.45) is 0 Å². The van der Waals surface area contributed by atoms with Gasteiger partial charge in [0.25, 0.3) is 0 Å². The van der Waals surface area contributed by atoms with Crippen LogP contribution in [0.3, 0.4) is 0 Å².